The predicted octanol–water partition coefficient (Wildman–Crippen LogP) is 1.98. The van der Waals surface area contributed by atoms with Crippen LogP contribution in [0.2, 0.25) is 0 Å². The number of rotatable bonds is 6. The van der Waals surface area contributed by atoms with Crippen molar-refractivity contribution < 1.29 is 18.4 Å². The van der Waals surface area contributed by atoms with E-state index in [0.29, 0.717) is 35.6 Å². The molecule has 4 aromatic heterocycles. The van der Waals surface area contributed by atoms with Crippen molar-refractivity contribution in [2.24, 2.45) is 5.92 Å². The van der Waals surface area contributed by atoms with Crippen molar-refractivity contribution in [2.75, 3.05) is 55.9 Å². The van der Waals surface area contributed by atoms with E-state index in [-0.39, 0.29) is 35.1 Å². The number of carbonyl (C=O) groups is 1. The Labute approximate surface area is 211 Å². The van der Waals surface area contributed by atoms with Crippen LogP contribution in [0.3, 0.4) is 0 Å². The lowest BCUT2D eigenvalue weighted by molar-refractivity contribution is -0.130. The molecule has 2 fully saturated rings. The number of aromatic nitrogens is 6. The SMILES string of the molecule is [2H]C([2H])([2H])Nc1ncc(-c2nc3ccc(N4CCOCC4)cn3n2)c2cc(NC(=O)[C@@H]3CC[C@H]3OC)nnc12. The second-order valence-corrected chi connectivity index (χ2v) is 8.81. The van der Waals surface area contributed by atoms with Gasteiger partial charge in [-0.1, -0.05) is 0 Å². The lowest BCUT2D eigenvalue weighted by Crippen LogP contribution is -2.42. The van der Waals surface area contributed by atoms with Gasteiger partial charge < -0.3 is 25.0 Å². The Hall–Kier alpha value is -3.90. The van der Waals surface area contributed by atoms with E-state index < -0.39 is 6.98 Å². The molecule has 12 heteroatoms. The van der Waals surface area contributed by atoms with E-state index in [9.17, 15) is 4.79 Å². The fourth-order valence-electron chi connectivity index (χ4n) is 4.63. The Morgan fingerprint density at radius 1 is 1.25 bits per heavy atom. The summed E-state index contributed by atoms with van der Waals surface area (Å²) in [4.78, 5) is 24.0. The zero-order valence-electron chi connectivity index (χ0n) is 22.6. The van der Waals surface area contributed by atoms with Gasteiger partial charge in [0.1, 0.15) is 5.52 Å². The maximum atomic E-state index is 12.8. The maximum absolute atomic E-state index is 12.8. The molecular formula is C24H27N9O3. The van der Waals surface area contributed by atoms with Crippen molar-refractivity contribution in [1.82, 2.24) is 29.8 Å². The lowest BCUT2D eigenvalue weighted by Gasteiger charge is -2.33. The third-order valence-corrected chi connectivity index (χ3v) is 6.78. The van der Waals surface area contributed by atoms with Crippen molar-refractivity contribution in [2.45, 2.75) is 18.9 Å². The highest BCUT2D eigenvalue weighted by Gasteiger charge is 2.37. The minimum atomic E-state index is -2.49. The van der Waals surface area contributed by atoms with Gasteiger partial charge in [0, 0.05) is 48.4 Å². The van der Waals surface area contributed by atoms with Crippen LogP contribution in [0.5, 0.6) is 0 Å². The van der Waals surface area contributed by atoms with Crippen LogP contribution in [0.15, 0.2) is 30.6 Å². The standard InChI is InChI=1S/C24H27N9O3/c1-25-23-21-16(11-19(29-30-21)27-24(34)15-4-5-18(15)35-2)17(12-26-23)22-28-20-6-3-14(13-33(20)31-22)32-7-9-36-10-8-32/h3,6,11-13,15,18H,4-5,7-10H2,1-2H3,(H,25,26)(H,27,29,34)/t15-,18-/m1/s1/i1D3. The van der Waals surface area contributed by atoms with Gasteiger partial charge in [-0.25, -0.2) is 14.5 Å². The lowest BCUT2D eigenvalue weighted by atomic mass is 9.81. The number of carbonyl (C=O) groups excluding carboxylic acids is 1. The van der Waals surface area contributed by atoms with Gasteiger partial charge in [0.2, 0.25) is 5.91 Å². The van der Waals surface area contributed by atoms with Crippen LogP contribution in [0, 0.1) is 5.92 Å². The number of pyridine rings is 2. The molecule has 1 amide bonds. The fraction of sp³-hybridized carbons (Fsp3) is 0.417. The second-order valence-electron chi connectivity index (χ2n) is 8.81. The number of morpholine rings is 1. The van der Waals surface area contributed by atoms with Crippen molar-refractivity contribution >= 4 is 39.8 Å². The van der Waals surface area contributed by atoms with E-state index in [1.165, 1.54) is 6.20 Å². The zero-order valence-corrected chi connectivity index (χ0v) is 19.6. The molecule has 4 aromatic rings. The van der Waals surface area contributed by atoms with Gasteiger partial charge in [0.05, 0.1) is 37.1 Å². The first-order valence-electron chi connectivity index (χ1n) is 13.3. The molecule has 1 aliphatic heterocycles. The van der Waals surface area contributed by atoms with Crippen LogP contribution in [-0.2, 0) is 14.3 Å². The Kier molecular flexibility index (Phi) is 4.98. The highest BCUT2D eigenvalue weighted by molar-refractivity contribution is 6.01. The molecule has 0 bridgehead atoms. The molecule has 0 spiro atoms. The Morgan fingerprint density at radius 2 is 2.14 bits per heavy atom. The van der Waals surface area contributed by atoms with Crippen molar-refractivity contribution in [3.05, 3.63) is 30.6 Å². The largest absolute Gasteiger partial charge is 0.381 e. The summed E-state index contributed by atoms with van der Waals surface area (Å²) in [7, 11) is 1.59. The average Bonchev–Trinajstić information content (AvgIpc) is 3.31. The third kappa shape index (κ3) is 3.97. The van der Waals surface area contributed by atoms with Gasteiger partial charge >= 0.3 is 0 Å². The first-order valence-corrected chi connectivity index (χ1v) is 11.8. The Morgan fingerprint density at radius 3 is 2.92 bits per heavy atom. The molecule has 0 unspecified atom stereocenters. The average molecular weight is 493 g/mol. The van der Waals surface area contributed by atoms with Crippen molar-refractivity contribution in [3.63, 3.8) is 0 Å². The quantitative estimate of drug-likeness (QED) is 0.412. The van der Waals surface area contributed by atoms with E-state index in [0.717, 1.165) is 31.6 Å². The number of ether oxygens (including phenoxy) is 2. The van der Waals surface area contributed by atoms with Crippen LogP contribution in [0.1, 0.15) is 17.0 Å². The number of hydrogen-bond acceptors (Lipinski definition) is 10. The van der Waals surface area contributed by atoms with Gasteiger partial charge in [-0.15, -0.1) is 15.3 Å². The Bertz CT molecular complexity index is 1540. The van der Waals surface area contributed by atoms with Gasteiger partial charge in [0.25, 0.3) is 0 Å². The maximum Gasteiger partial charge on any atom is 0.231 e. The van der Waals surface area contributed by atoms with Crippen molar-refractivity contribution in [1.29, 1.82) is 0 Å². The van der Waals surface area contributed by atoms with Crippen LogP contribution < -0.4 is 15.5 Å². The monoisotopic (exact) mass is 492 g/mol. The Balaban J connectivity index is 1.39. The van der Waals surface area contributed by atoms with Crippen LogP contribution >= 0.6 is 0 Å². The van der Waals surface area contributed by atoms with E-state index in [2.05, 4.69) is 40.8 Å². The molecule has 5 heterocycles. The summed E-state index contributed by atoms with van der Waals surface area (Å²) >= 11 is 0. The summed E-state index contributed by atoms with van der Waals surface area (Å²) in [6, 6.07) is 5.51. The van der Waals surface area contributed by atoms with E-state index in [4.69, 9.17) is 13.6 Å². The molecule has 1 saturated carbocycles. The number of anilines is 3. The molecule has 6 rings (SSSR count). The van der Waals surface area contributed by atoms with E-state index in [1.54, 1.807) is 17.7 Å². The summed E-state index contributed by atoms with van der Waals surface area (Å²) in [5.74, 6) is 0.157. The molecule has 2 N–H and O–H groups in total. The van der Waals surface area contributed by atoms with Crippen LogP contribution in [0.4, 0.5) is 17.3 Å². The minimum absolute atomic E-state index is 0.0379. The normalized spacial score (nSPS) is 21.5. The second kappa shape index (κ2) is 9.28. The third-order valence-electron chi connectivity index (χ3n) is 6.78. The molecule has 12 nitrogen and oxygen atoms in total. The van der Waals surface area contributed by atoms with E-state index >= 15 is 0 Å². The molecule has 36 heavy (non-hydrogen) atoms. The molecule has 0 radical (unpaired) electrons. The van der Waals surface area contributed by atoms with Gasteiger partial charge in [-0.2, -0.15) is 0 Å². The summed E-state index contributed by atoms with van der Waals surface area (Å²) in [5, 5.41) is 18.7. The summed E-state index contributed by atoms with van der Waals surface area (Å²) in [5.41, 5.74) is 2.36. The molecule has 0 aromatic carbocycles. The molecule has 2 aliphatic rings. The smallest absolute Gasteiger partial charge is 0.231 e. The molecule has 2 atom stereocenters. The number of fused-ring (bicyclic) bond motifs is 2. The van der Waals surface area contributed by atoms with Gasteiger partial charge in [0.15, 0.2) is 23.1 Å². The topological polar surface area (TPSA) is 132 Å². The van der Waals surface area contributed by atoms with E-state index in [1.807, 2.05) is 18.3 Å². The summed E-state index contributed by atoms with van der Waals surface area (Å²) in [6.07, 6.45) is 4.83. The number of methoxy groups -OCH3 is 1. The number of hydrogen-bond donors (Lipinski definition) is 2. The molecular weight excluding hydrogens is 462 g/mol. The predicted molar refractivity (Wildman–Crippen MR) is 134 cm³/mol. The first kappa shape index (κ1) is 19.3. The summed E-state index contributed by atoms with van der Waals surface area (Å²) in [6.45, 7) is 0.424. The van der Waals surface area contributed by atoms with Gasteiger partial charge in [-0.3, -0.25) is 4.79 Å². The molecule has 1 aliphatic carbocycles. The highest BCUT2D eigenvalue weighted by Crippen LogP contribution is 2.33. The minimum Gasteiger partial charge on any atom is -0.381 e. The zero-order chi connectivity index (χ0) is 27.1. The van der Waals surface area contributed by atoms with Crippen LogP contribution in [-0.4, -0.2) is 82.2 Å². The highest BCUT2D eigenvalue weighted by atomic mass is 16.5. The molecule has 186 valence electrons. The first-order chi connectivity index (χ1) is 18.8. The van der Waals surface area contributed by atoms with Gasteiger partial charge in [-0.05, 0) is 31.0 Å². The fourth-order valence-corrected chi connectivity index (χ4v) is 4.63. The van der Waals surface area contributed by atoms with Crippen LogP contribution in [0.25, 0.3) is 27.9 Å². The molecule has 1 saturated heterocycles. The number of nitrogens with one attached hydrogen (secondary N) is 2. The van der Waals surface area contributed by atoms with Crippen molar-refractivity contribution in [3.8, 4) is 11.4 Å². The number of nitrogens with zero attached hydrogens (tertiary/aromatic N) is 7. The number of amides is 1. The summed E-state index contributed by atoms with van der Waals surface area (Å²) < 4.78 is 35.3.